The number of hydrogen-bond donors (Lipinski definition) is 2. The zero-order chi connectivity index (χ0) is 39.2. The summed E-state index contributed by atoms with van der Waals surface area (Å²) >= 11 is 6.96. The highest BCUT2D eigenvalue weighted by Crippen LogP contribution is 2.44. The minimum absolute atomic E-state index is 0.0642. The van der Waals surface area contributed by atoms with E-state index in [9.17, 15) is 15.3 Å². The molecule has 3 aliphatic rings. The van der Waals surface area contributed by atoms with Gasteiger partial charge in [0.1, 0.15) is 30.0 Å². The van der Waals surface area contributed by atoms with Gasteiger partial charge in [0.25, 0.3) is 0 Å². The van der Waals surface area contributed by atoms with E-state index in [2.05, 4.69) is 84.8 Å². The summed E-state index contributed by atoms with van der Waals surface area (Å²) in [5, 5.41) is 26.0. The first-order chi connectivity index (χ1) is 27.2. The molecule has 7 rings (SSSR count). The van der Waals surface area contributed by atoms with Crippen molar-refractivity contribution in [1.29, 1.82) is 10.5 Å². The second-order valence-electron chi connectivity index (χ2n) is 15.4. The van der Waals surface area contributed by atoms with Crippen molar-refractivity contribution in [3.8, 4) is 40.5 Å². The third-order valence-corrected chi connectivity index (χ3v) is 11.9. The number of hydrogen-bond acceptors (Lipinski definition) is 8. The molecule has 4 aromatic carbocycles. The van der Waals surface area contributed by atoms with E-state index in [1.165, 1.54) is 29.5 Å². The van der Waals surface area contributed by atoms with E-state index in [0.29, 0.717) is 71.4 Å². The monoisotopic (exact) mass is 771 g/mol. The van der Waals surface area contributed by atoms with Crippen LogP contribution in [0.2, 0.25) is 5.02 Å². The fourth-order valence-electron chi connectivity index (χ4n) is 8.49. The van der Waals surface area contributed by atoms with Gasteiger partial charge in [-0.3, -0.25) is 9.69 Å². The predicted octanol–water partition coefficient (Wildman–Crippen LogP) is 8.71. The molecule has 0 bridgehead atoms. The molecule has 2 aliphatic heterocycles. The highest BCUT2D eigenvalue weighted by atomic mass is 35.5. The van der Waals surface area contributed by atoms with E-state index in [4.69, 9.17) is 25.8 Å². The first-order valence-corrected chi connectivity index (χ1v) is 20.2. The number of fused-ring (bicyclic) bond motifs is 1. The molecule has 0 aromatic heterocycles. The molecule has 2 N–H and O–H groups in total. The van der Waals surface area contributed by atoms with Gasteiger partial charge in [0.05, 0.1) is 34.9 Å². The normalized spacial score (nSPS) is 20.5. The van der Waals surface area contributed by atoms with Crippen LogP contribution in [0.25, 0.3) is 11.1 Å². The van der Waals surface area contributed by atoms with E-state index in [-0.39, 0.29) is 24.7 Å². The number of rotatable bonds is 14. The largest absolute Gasteiger partial charge is 0.493 e. The molecule has 4 atom stereocenters. The van der Waals surface area contributed by atoms with Gasteiger partial charge < -0.3 is 24.8 Å². The lowest BCUT2D eigenvalue weighted by Gasteiger charge is -2.25. The topological polar surface area (TPSA) is 120 Å². The smallest absolute Gasteiger partial charge is 0.220 e. The summed E-state index contributed by atoms with van der Waals surface area (Å²) in [6.07, 6.45) is 6.24. The molecule has 4 aromatic rings. The number of halogens is 1. The van der Waals surface area contributed by atoms with Gasteiger partial charge in [-0.1, -0.05) is 41.9 Å². The Bertz CT molecular complexity index is 2110. The van der Waals surface area contributed by atoms with Crippen molar-refractivity contribution in [2.75, 3.05) is 19.7 Å². The first-order valence-electron chi connectivity index (χ1n) is 19.9. The molecule has 0 spiro atoms. The number of carbonyl (C=O) groups excluding carboxylic acids is 1. The van der Waals surface area contributed by atoms with Gasteiger partial charge in [0.15, 0.2) is 0 Å². The molecule has 0 unspecified atom stereocenters. The molecule has 0 radical (unpaired) electrons. The summed E-state index contributed by atoms with van der Waals surface area (Å²) in [6.45, 7) is 9.73. The summed E-state index contributed by atoms with van der Waals surface area (Å²) in [5.41, 5.74) is 8.26. The van der Waals surface area contributed by atoms with Gasteiger partial charge in [-0.2, -0.15) is 10.5 Å². The summed E-state index contributed by atoms with van der Waals surface area (Å²) in [4.78, 5) is 14.3. The Morgan fingerprint density at radius 1 is 0.875 bits per heavy atom. The average Bonchev–Trinajstić information content (AvgIpc) is 3.77. The van der Waals surface area contributed by atoms with Crippen LogP contribution < -0.4 is 24.8 Å². The maximum absolute atomic E-state index is 11.7. The van der Waals surface area contributed by atoms with Crippen LogP contribution in [0.5, 0.6) is 17.2 Å². The van der Waals surface area contributed by atoms with Crippen molar-refractivity contribution in [2.45, 2.75) is 103 Å². The third-order valence-electron chi connectivity index (χ3n) is 11.6. The molecule has 10 heteroatoms. The Balaban J connectivity index is 1.08. The maximum Gasteiger partial charge on any atom is 0.220 e. The van der Waals surface area contributed by atoms with E-state index < -0.39 is 0 Å². The molecule has 290 valence electrons. The Labute approximate surface area is 335 Å². The molecule has 2 fully saturated rings. The number of likely N-dealkylation sites (tertiary alicyclic amines) is 1. The number of amides is 1. The maximum atomic E-state index is 11.7. The van der Waals surface area contributed by atoms with Gasteiger partial charge >= 0.3 is 0 Å². The fourth-order valence-corrected chi connectivity index (χ4v) is 8.72. The second kappa shape index (κ2) is 17.8. The fraction of sp³-hybridized carbons (Fsp3) is 0.413. The molecule has 2 heterocycles. The van der Waals surface area contributed by atoms with E-state index in [0.717, 1.165) is 54.7 Å². The summed E-state index contributed by atoms with van der Waals surface area (Å²) in [7, 11) is 0. The van der Waals surface area contributed by atoms with Crippen molar-refractivity contribution in [3.05, 3.63) is 111 Å². The molecule has 0 saturated carbocycles. The number of nitrogens with zero attached hydrogens (tertiary/aromatic N) is 3. The van der Waals surface area contributed by atoms with Gasteiger partial charge in [-0.05, 0) is 123 Å². The molecule has 9 nitrogen and oxygen atoms in total. The van der Waals surface area contributed by atoms with E-state index in [1.54, 1.807) is 18.2 Å². The van der Waals surface area contributed by atoms with Crippen LogP contribution in [0.4, 0.5) is 0 Å². The Morgan fingerprint density at radius 3 is 2.36 bits per heavy atom. The molecule has 1 amide bonds. The van der Waals surface area contributed by atoms with Crippen LogP contribution in [0.15, 0.2) is 66.7 Å². The minimum Gasteiger partial charge on any atom is -0.493 e. The Kier molecular flexibility index (Phi) is 12.5. The van der Waals surface area contributed by atoms with Crippen LogP contribution in [-0.4, -0.2) is 48.6 Å². The third kappa shape index (κ3) is 8.98. The summed E-state index contributed by atoms with van der Waals surface area (Å²) in [5.74, 6) is 2.10. The number of nitrogens with one attached hydrogen (secondary N) is 2. The molecule has 56 heavy (non-hydrogen) atoms. The standard InChI is InChI=1S/C46H50ClN5O4/c1-29-11-12-30(2)52(29)17-6-18-54-42-10-5-7-37(31(42)3)38-8-4-9-40-39(38)14-15-43(40)56-45-23-44(55-28-34-20-32(24-48)19-33(21-34)25-49)35(22-41(45)47)26-50-36-13-16-46(53)51-27-36/h4-5,7-10,19-23,29-30,36,43,50H,6,11-18,26-28H2,1-3H3,(H,51,53)/t29-,30-,36-,43-/m0/s1. The lowest BCUT2D eigenvalue weighted by molar-refractivity contribution is -0.122. The van der Waals surface area contributed by atoms with Crippen molar-refractivity contribution < 1.29 is 19.0 Å². The zero-order valence-electron chi connectivity index (χ0n) is 32.5. The van der Waals surface area contributed by atoms with Crippen molar-refractivity contribution in [2.24, 2.45) is 0 Å². The van der Waals surface area contributed by atoms with Crippen LogP contribution in [-0.2, 0) is 24.4 Å². The Hall–Kier alpha value is -5.06. The highest BCUT2D eigenvalue weighted by Gasteiger charge is 2.29. The van der Waals surface area contributed by atoms with Crippen LogP contribution >= 0.6 is 11.6 Å². The van der Waals surface area contributed by atoms with E-state index >= 15 is 0 Å². The molecular weight excluding hydrogens is 722 g/mol. The van der Waals surface area contributed by atoms with Gasteiger partial charge in [0, 0.05) is 55.8 Å². The average molecular weight is 772 g/mol. The van der Waals surface area contributed by atoms with Gasteiger partial charge in [-0.15, -0.1) is 0 Å². The molecule has 2 saturated heterocycles. The zero-order valence-corrected chi connectivity index (χ0v) is 33.3. The lowest BCUT2D eigenvalue weighted by Crippen LogP contribution is -2.45. The summed E-state index contributed by atoms with van der Waals surface area (Å²) in [6, 6.07) is 27.2. The van der Waals surface area contributed by atoms with Gasteiger partial charge in [-0.25, -0.2) is 0 Å². The number of piperidine rings is 1. The first kappa shape index (κ1) is 39.2. The van der Waals surface area contributed by atoms with Crippen LogP contribution in [0.1, 0.15) is 97.4 Å². The van der Waals surface area contributed by atoms with Gasteiger partial charge in [0.2, 0.25) is 5.91 Å². The Morgan fingerprint density at radius 2 is 1.62 bits per heavy atom. The predicted molar refractivity (Wildman–Crippen MR) is 218 cm³/mol. The van der Waals surface area contributed by atoms with E-state index in [1.807, 2.05) is 12.1 Å². The van der Waals surface area contributed by atoms with Crippen LogP contribution in [0, 0.1) is 29.6 Å². The van der Waals surface area contributed by atoms with Crippen molar-refractivity contribution in [3.63, 3.8) is 0 Å². The van der Waals surface area contributed by atoms with Crippen molar-refractivity contribution >= 4 is 17.5 Å². The quantitative estimate of drug-likeness (QED) is 0.122. The highest BCUT2D eigenvalue weighted by molar-refractivity contribution is 6.32. The second-order valence-corrected chi connectivity index (χ2v) is 15.8. The molecular formula is C46H50ClN5O4. The minimum atomic E-state index is -0.203. The number of benzene rings is 4. The van der Waals surface area contributed by atoms with Crippen molar-refractivity contribution in [1.82, 2.24) is 15.5 Å². The number of carbonyl (C=O) groups is 1. The SMILES string of the molecule is Cc1c(OCCCN2[C@@H](C)CC[C@@H]2C)cccc1-c1cccc2c1CC[C@@H]2Oc1cc(OCc2cc(C#N)cc(C#N)c2)c(CN[C@H]2CCC(=O)NC2)cc1Cl. The summed E-state index contributed by atoms with van der Waals surface area (Å²) < 4.78 is 19.5. The molecule has 1 aliphatic carbocycles. The number of nitriles is 2. The van der Waals surface area contributed by atoms with Crippen LogP contribution in [0.3, 0.4) is 0 Å². The number of ether oxygens (including phenoxy) is 3. The lowest BCUT2D eigenvalue weighted by atomic mass is 9.93.